The van der Waals surface area contributed by atoms with E-state index >= 15 is 0 Å². The molecule has 0 bridgehead atoms. The Labute approximate surface area is 225 Å². The largest absolute Gasteiger partial charge is 0.432 e. The third-order valence-corrected chi connectivity index (χ3v) is 6.91. The van der Waals surface area contributed by atoms with Crippen molar-refractivity contribution in [1.82, 2.24) is 4.90 Å². The van der Waals surface area contributed by atoms with Crippen LogP contribution < -0.4 is 5.32 Å². The number of nitrogens with zero attached hydrogens (tertiary/aromatic N) is 1. The van der Waals surface area contributed by atoms with Gasteiger partial charge >= 0.3 is 0 Å². The number of nitrogens with one attached hydrogen (secondary N) is 1. The summed E-state index contributed by atoms with van der Waals surface area (Å²) in [6.45, 7) is 9.26. The first-order chi connectivity index (χ1) is 17.1. The molecule has 0 amide bonds. The molecule has 1 unspecified atom stereocenters. The maximum atomic E-state index is 6.34. The molecule has 186 valence electrons. The van der Waals surface area contributed by atoms with Gasteiger partial charge in [-0.15, -0.1) is 0 Å². The van der Waals surface area contributed by atoms with E-state index in [1.807, 2.05) is 32.1 Å². The van der Waals surface area contributed by atoms with E-state index in [4.69, 9.17) is 40.2 Å². The van der Waals surface area contributed by atoms with Crippen molar-refractivity contribution in [3.8, 4) is 0 Å². The minimum absolute atomic E-state index is 0.0701. The number of allylic oxidation sites excluding steroid dienone is 7. The molecule has 0 spiro atoms. The third kappa shape index (κ3) is 7.13. The summed E-state index contributed by atoms with van der Waals surface area (Å²) in [4.78, 5) is 2.21. The number of fused-ring (bicyclic) bond motifs is 2. The van der Waals surface area contributed by atoms with Crippen molar-refractivity contribution < 1.29 is 4.74 Å². The average Bonchev–Trinajstić information content (AvgIpc) is 3.14. The molecule has 6 heteroatoms. The van der Waals surface area contributed by atoms with Crippen molar-refractivity contribution >= 4 is 51.9 Å². The Kier molecular flexibility index (Phi) is 10.7. The molecule has 1 aromatic rings. The zero-order valence-corrected chi connectivity index (χ0v) is 22.9. The number of anilines is 1. The number of rotatable bonds is 5. The van der Waals surface area contributed by atoms with Gasteiger partial charge in [-0.25, -0.2) is 0 Å². The Hall–Kier alpha value is -2.27. The lowest BCUT2D eigenvalue weighted by molar-refractivity contribution is 0.265. The van der Waals surface area contributed by atoms with Crippen LogP contribution in [-0.4, -0.2) is 29.2 Å². The van der Waals surface area contributed by atoms with Gasteiger partial charge in [0.15, 0.2) is 0 Å². The van der Waals surface area contributed by atoms with E-state index in [-0.39, 0.29) is 6.04 Å². The molecule has 3 aliphatic rings. The Balaban J connectivity index is 0.00000167. The fraction of sp³-hybridized carbons (Fsp3) is 0.345. The van der Waals surface area contributed by atoms with Gasteiger partial charge in [-0.1, -0.05) is 61.9 Å². The fourth-order valence-corrected chi connectivity index (χ4v) is 5.19. The van der Waals surface area contributed by atoms with Gasteiger partial charge in [0.2, 0.25) is 0 Å². The third-order valence-electron chi connectivity index (χ3n) is 6.10. The second-order valence-corrected chi connectivity index (χ2v) is 9.46. The van der Waals surface area contributed by atoms with Crippen LogP contribution in [0.25, 0.3) is 5.57 Å². The number of thiocarbonyl (C=S) groups is 1. The summed E-state index contributed by atoms with van der Waals surface area (Å²) < 4.78 is 6.17. The van der Waals surface area contributed by atoms with Gasteiger partial charge in [0.05, 0.1) is 6.04 Å². The van der Waals surface area contributed by atoms with E-state index in [1.54, 1.807) is 12.2 Å². The van der Waals surface area contributed by atoms with E-state index in [1.165, 1.54) is 16.7 Å². The lowest BCUT2D eigenvalue weighted by atomic mass is 9.84. The quantitative estimate of drug-likeness (QED) is 0.304. The van der Waals surface area contributed by atoms with Crippen LogP contribution in [0.5, 0.6) is 0 Å². The van der Waals surface area contributed by atoms with Gasteiger partial charge in [-0.05, 0) is 98.0 Å². The number of halogens is 2. The number of benzene rings is 1. The van der Waals surface area contributed by atoms with Crippen molar-refractivity contribution in [2.75, 3.05) is 18.4 Å². The highest BCUT2D eigenvalue weighted by Gasteiger charge is 2.34. The zero-order chi connectivity index (χ0) is 25.2. The molecule has 1 atom stereocenters. The molecular formula is C29H34Cl2N2OS. The first-order valence-corrected chi connectivity index (χ1v) is 13.5. The summed E-state index contributed by atoms with van der Waals surface area (Å²) in [5.41, 5.74) is 4.99. The van der Waals surface area contributed by atoms with Crippen molar-refractivity contribution in [2.24, 2.45) is 0 Å². The molecule has 2 aliphatic heterocycles. The molecule has 35 heavy (non-hydrogen) atoms. The summed E-state index contributed by atoms with van der Waals surface area (Å²) in [7, 11) is 0. The minimum Gasteiger partial charge on any atom is -0.432 e. The van der Waals surface area contributed by atoms with Crippen LogP contribution in [-0.2, 0) is 4.74 Å². The Morgan fingerprint density at radius 1 is 1.31 bits per heavy atom. The predicted octanol–water partition coefficient (Wildman–Crippen LogP) is 8.80. The van der Waals surface area contributed by atoms with Crippen molar-refractivity contribution in [2.45, 2.75) is 52.0 Å². The van der Waals surface area contributed by atoms with Crippen LogP contribution in [0.15, 0.2) is 83.7 Å². The summed E-state index contributed by atoms with van der Waals surface area (Å²) in [5.74, 6) is 0.836. The maximum absolute atomic E-state index is 6.34. The average molecular weight is 530 g/mol. The highest BCUT2D eigenvalue weighted by molar-refractivity contribution is 7.80. The Morgan fingerprint density at radius 3 is 2.94 bits per heavy atom. The van der Waals surface area contributed by atoms with Crippen LogP contribution in [0, 0.1) is 0 Å². The van der Waals surface area contributed by atoms with Crippen molar-refractivity contribution in [1.29, 1.82) is 0 Å². The predicted molar refractivity (Wildman–Crippen MR) is 156 cm³/mol. The van der Waals surface area contributed by atoms with E-state index in [2.05, 4.69) is 47.2 Å². The van der Waals surface area contributed by atoms with Crippen LogP contribution in [0.4, 0.5) is 5.69 Å². The monoisotopic (exact) mass is 528 g/mol. The first kappa shape index (κ1) is 27.3. The maximum Gasteiger partial charge on any atom is 0.265 e. The molecular weight excluding hydrogens is 495 g/mol. The number of hydrogen-bond donors (Lipinski definition) is 1. The highest BCUT2D eigenvalue weighted by atomic mass is 35.5. The molecule has 1 aromatic carbocycles. The van der Waals surface area contributed by atoms with Crippen molar-refractivity contribution in [3.63, 3.8) is 0 Å². The zero-order valence-electron chi connectivity index (χ0n) is 20.5. The summed E-state index contributed by atoms with van der Waals surface area (Å²) in [6, 6.07) is 6.11. The fourth-order valence-electron chi connectivity index (χ4n) is 4.53. The Bertz CT molecular complexity index is 1080. The second-order valence-electron chi connectivity index (χ2n) is 8.24. The van der Waals surface area contributed by atoms with Gasteiger partial charge in [0.25, 0.3) is 5.17 Å². The molecule has 3 nitrogen and oxygen atoms in total. The summed E-state index contributed by atoms with van der Waals surface area (Å²) in [6.07, 6.45) is 18.6. The lowest BCUT2D eigenvalue weighted by Gasteiger charge is -2.42. The van der Waals surface area contributed by atoms with Gasteiger partial charge in [-0.3, -0.25) is 0 Å². The summed E-state index contributed by atoms with van der Waals surface area (Å²) >= 11 is 18.4. The number of hydrogen-bond acceptors (Lipinski definition) is 3. The van der Waals surface area contributed by atoms with Crippen LogP contribution >= 0.6 is 35.4 Å². The van der Waals surface area contributed by atoms with Gasteiger partial charge < -0.3 is 15.0 Å². The molecule has 2 heterocycles. The van der Waals surface area contributed by atoms with Crippen LogP contribution in [0.1, 0.15) is 51.5 Å². The first-order valence-electron chi connectivity index (χ1n) is 12.3. The van der Waals surface area contributed by atoms with E-state index < -0.39 is 0 Å². The minimum atomic E-state index is 0.0701. The molecule has 1 aliphatic carbocycles. The topological polar surface area (TPSA) is 24.5 Å². The van der Waals surface area contributed by atoms with Crippen molar-refractivity contribution in [3.05, 3.63) is 94.3 Å². The standard InChI is InChI=1S/C27H28Cl2N2OS.C2H6/c1-2-8-19(28)9-7-12-26-24-18-30-25-14-13-20(29)17-23(25)22(24)15-16-31(26)27(33)32-21-10-5-3-4-6-11-21;1-2/h2,5,7-11,13-14,17,26,30H,1,3-4,6,12,15-16,18H2;1-2H3/b9-7-,19-8+;. The molecule has 0 fully saturated rings. The highest BCUT2D eigenvalue weighted by Crippen LogP contribution is 2.41. The summed E-state index contributed by atoms with van der Waals surface area (Å²) in [5, 5.41) is 5.47. The molecule has 0 aromatic heterocycles. The van der Waals surface area contributed by atoms with E-state index in [9.17, 15) is 0 Å². The number of ether oxygens (including phenoxy) is 1. The molecule has 1 N–H and O–H groups in total. The lowest BCUT2D eigenvalue weighted by Crippen LogP contribution is -2.47. The molecule has 0 saturated carbocycles. The van der Waals surface area contributed by atoms with Crippen LogP contribution in [0.2, 0.25) is 5.02 Å². The molecule has 4 rings (SSSR count). The SMILES string of the molecule is C=C/C=C(Cl)\C=C/CC1C2=C(CCN1C(=S)OC1=CCCCC=C1)c1cc(Cl)ccc1NC2.CC. The molecule has 0 saturated heterocycles. The van der Waals surface area contributed by atoms with E-state index in [0.717, 1.165) is 61.7 Å². The second kappa shape index (κ2) is 13.7. The van der Waals surface area contributed by atoms with Gasteiger partial charge in [0, 0.05) is 34.4 Å². The normalized spacial score (nSPS) is 19.5. The van der Waals surface area contributed by atoms with Crippen LogP contribution in [0.3, 0.4) is 0 Å². The molecule has 0 radical (unpaired) electrons. The Morgan fingerprint density at radius 2 is 2.14 bits per heavy atom. The van der Waals surface area contributed by atoms with Gasteiger partial charge in [-0.2, -0.15) is 0 Å². The smallest absolute Gasteiger partial charge is 0.265 e. The van der Waals surface area contributed by atoms with E-state index in [0.29, 0.717) is 10.2 Å². The van der Waals surface area contributed by atoms with Gasteiger partial charge in [0.1, 0.15) is 5.76 Å².